The Labute approximate surface area is 98.5 Å². The molecule has 0 aliphatic rings. The first-order valence-electron chi connectivity index (χ1n) is 5.45. The lowest BCUT2D eigenvalue weighted by Crippen LogP contribution is -2.31. The largest absolute Gasteiger partial charge is 0.508 e. The fraction of sp³-hybridized carbons (Fsp3) is 0.500. The number of nitrogens with one attached hydrogen (secondary N) is 1. The first-order valence-corrected chi connectivity index (χ1v) is 5.45. The van der Waals surface area contributed by atoms with Crippen LogP contribution in [0.4, 0.5) is 13.2 Å². The lowest BCUT2D eigenvalue weighted by molar-refractivity contribution is -0.133. The third kappa shape index (κ3) is 6.16. The normalized spacial score (nSPS) is 13.6. The van der Waals surface area contributed by atoms with Crippen LogP contribution in [0, 0.1) is 0 Å². The zero-order valence-electron chi connectivity index (χ0n) is 9.59. The van der Waals surface area contributed by atoms with Gasteiger partial charge in [-0.25, -0.2) is 0 Å². The van der Waals surface area contributed by atoms with Gasteiger partial charge in [0.2, 0.25) is 0 Å². The molecule has 2 nitrogen and oxygen atoms in total. The Morgan fingerprint density at radius 1 is 1.24 bits per heavy atom. The Bertz CT molecular complexity index is 335. The second-order valence-corrected chi connectivity index (χ2v) is 4.09. The minimum atomic E-state index is -4.11. The second-order valence-electron chi connectivity index (χ2n) is 4.09. The second kappa shape index (κ2) is 5.91. The molecule has 1 aromatic carbocycles. The summed E-state index contributed by atoms with van der Waals surface area (Å²) in [5, 5.41) is 11.9. The van der Waals surface area contributed by atoms with Crippen molar-refractivity contribution < 1.29 is 18.3 Å². The fourth-order valence-corrected chi connectivity index (χ4v) is 1.52. The standard InChI is InChI=1S/C12H16F3NO/c1-9(16-7-6-12(13,14)15)8-10-2-4-11(17)5-3-10/h2-5,9,16-17H,6-8H2,1H3. The molecule has 1 aromatic rings. The Morgan fingerprint density at radius 2 is 1.82 bits per heavy atom. The zero-order valence-corrected chi connectivity index (χ0v) is 9.59. The molecule has 0 aliphatic carbocycles. The number of aromatic hydroxyl groups is 1. The van der Waals surface area contributed by atoms with E-state index >= 15 is 0 Å². The van der Waals surface area contributed by atoms with Gasteiger partial charge in [0.15, 0.2) is 0 Å². The summed E-state index contributed by atoms with van der Waals surface area (Å²) in [5.41, 5.74) is 0.981. The van der Waals surface area contributed by atoms with Crippen molar-refractivity contribution in [1.29, 1.82) is 0 Å². The average Bonchev–Trinajstić information content (AvgIpc) is 2.19. The Balaban J connectivity index is 2.30. The third-order valence-corrected chi connectivity index (χ3v) is 2.38. The van der Waals surface area contributed by atoms with Crippen molar-refractivity contribution in [3.63, 3.8) is 0 Å². The van der Waals surface area contributed by atoms with E-state index in [1.165, 1.54) is 0 Å². The van der Waals surface area contributed by atoms with Gasteiger partial charge in [-0.15, -0.1) is 0 Å². The van der Waals surface area contributed by atoms with Crippen LogP contribution in [0.25, 0.3) is 0 Å². The van der Waals surface area contributed by atoms with Crippen LogP contribution >= 0.6 is 0 Å². The highest BCUT2D eigenvalue weighted by Crippen LogP contribution is 2.18. The van der Waals surface area contributed by atoms with E-state index in [1.54, 1.807) is 24.3 Å². The quantitative estimate of drug-likeness (QED) is 0.838. The van der Waals surface area contributed by atoms with Crippen LogP contribution in [0.15, 0.2) is 24.3 Å². The van der Waals surface area contributed by atoms with Crippen molar-refractivity contribution in [3.05, 3.63) is 29.8 Å². The molecule has 0 aromatic heterocycles. The summed E-state index contributed by atoms with van der Waals surface area (Å²) in [4.78, 5) is 0. The Kier molecular flexibility index (Phi) is 4.81. The number of phenols is 1. The molecular formula is C12H16F3NO. The number of halogens is 3. The Morgan fingerprint density at radius 3 is 2.35 bits per heavy atom. The molecule has 96 valence electrons. The molecule has 0 spiro atoms. The van der Waals surface area contributed by atoms with Crippen LogP contribution in [0.1, 0.15) is 18.9 Å². The van der Waals surface area contributed by atoms with Crippen molar-refractivity contribution >= 4 is 0 Å². The highest BCUT2D eigenvalue weighted by atomic mass is 19.4. The average molecular weight is 247 g/mol. The SMILES string of the molecule is CC(Cc1ccc(O)cc1)NCCC(F)(F)F. The third-order valence-electron chi connectivity index (χ3n) is 2.38. The molecule has 0 saturated heterocycles. The lowest BCUT2D eigenvalue weighted by Gasteiger charge is -2.14. The van der Waals surface area contributed by atoms with Gasteiger partial charge in [0, 0.05) is 12.6 Å². The molecule has 5 heteroatoms. The number of phenolic OH excluding ortho intramolecular Hbond substituents is 1. The number of hydrogen-bond acceptors (Lipinski definition) is 2. The van der Waals surface area contributed by atoms with E-state index in [0.717, 1.165) is 5.56 Å². The van der Waals surface area contributed by atoms with Gasteiger partial charge in [-0.05, 0) is 31.0 Å². The van der Waals surface area contributed by atoms with E-state index in [0.29, 0.717) is 6.42 Å². The van der Waals surface area contributed by atoms with Gasteiger partial charge in [-0.1, -0.05) is 12.1 Å². The fourth-order valence-electron chi connectivity index (χ4n) is 1.52. The molecule has 17 heavy (non-hydrogen) atoms. The van der Waals surface area contributed by atoms with Gasteiger partial charge in [-0.3, -0.25) is 0 Å². The zero-order chi connectivity index (χ0) is 12.9. The maximum atomic E-state index is 11.9. The first kappa shape index (κ1) is 13.8. The van der Waals surface area contributed by atoms with Crippen LogP contribution in [-0.2, 0) is 6.42 Å². The molecule has 0 aliphatic heterocycles. The van der Waals surface area contributed by atoms with E-state index in [1.807, 2.05) is 6.92 Å². The smallest absolute Gasteiger partial charge is 0.390 e. The highest BCUT2D eigenvalue weighted by Gasteiger charge is 2.26. The molecule has 1 unspecified atom stereocenters. The minimum Gasteiger partial charge on any atom is -0.508 e. The number of rotatable bonds is 5. The van der Waals surface area contributed by atoms with Crippen LogP contribution in [0.5, 0.6) is 5.75 Å². The number of alkyl halides is 3. The first-order chi connectivity index (χ1) is 7.87. The van der Waals surface area contributed by atoms with Gasteiger partial charge in [0.05, 0.1) is 6.42 Å². The molecule has 0 heterocycles. The van der Waals surface area contributed by atoms with Crippen LogP contribution < -0.4 is 5.32 Å². The molecule has 0 fully saturated rings. The molecule has 0 bridgehead atoms. The highest BCUT2D eigenvalue weighted by molar-refractivity contribution is 5.26. The van der Waals surface area contributed by atoms with E-state index in [4.69, 9.17) is 5.11 Å². The van der Waals surface area contributed by atoms with Crippen LogP contribution in [-0.4, -0.2) is 23.9 Å². The summed E-state index contributed by atoms with van der Waals surface area (Å²) in [6.07, 6.45) is -4.28. The van der Waals surface area contributed by atoms with Gasteiger partial charge in [-0.2, -0.15) is 13.2 Å². The van der Waals surface area contributed by atoms with Crippen molar-refractivity contribution in [2.45, 2.75) is 32.0 Å². The van der Waals surface area contributed by atoms with Crippen molar-refractivity contribution in [2.75, 3.05) is 6.54 Å². The van der Waals surface area contributed by atoms with Crippen LogP contribution in [0.2, 0.25) is 0 Å². The predicted octanol–water partition coefficient (Wildman–Crippen LogP) is 2.87. The molecular weight excluding hydrogens is 231 g/mol. The Hall–Kier alpha value is -1.23. The molecule has 0 amide bonds. The predicted molar refractivity (Wildman–Crippen MR) is 59.9 cm³/mol. The van der Waals surface area contributed by atoms with Crippen molar-refractivity contribution in [3.8, 4) is 5.75 Å². The van der Waals surface area contributed by atoms with Gasteiger partial charge >= 0.3 is 6.18 Å². The molecule has 0 saturated carbocycles. The summed E-state index contributed by atoms with van der Waals surface area (Å²) in [6, 6.07) is 6.63. The summed E-state index contributed by atoms with van der Waals surface area (Å²) in [6.45, 7) is 1.77. The summed E-state index contributed by atoms with van der Waals surface area (Å²) >= 11 is 0. The summed E-state index contributed by atoms with van der Waals surface area (Å²) in [7, 11) is 0. The monoisotopic (exact) mass is 247 g/mol. The minimum absolute atomic E-state index is 0.0260. The maximum absolute atomic E-state index is 11.9. The summed E-state index contributed by atoms with van der Waals surface area (Å²) < 4.78 is 35.7. The maximum Gasteiger partial charge on any atom is 0.390 e. The molecule has 1 rings (SSSR count). The topological polar surface area (TPSA) is 32.3 Å². The van der Waals surface area contributed by atoms with E-state index < -0.39 is 12.6 Å². The number of hydrogen-bond donors (Lipinski definition) is 2. The number of benzene rings is 1. The van der Waals surface area contributed by atoms with Gasteiger partial charge < -0.3 is 10.4 Å². The van der Waals surface area contributed by atoms with Gasteiger partial charge in [0.25, 0.3) is 0 Å². The lowest BCUT2D eigenvalue weighted by atomic mass is 10.1. The van der Waals surface area contributed by atoms with E-state index in [9.17, 15) is 13.2 Å². The molecule has 0 radical (unpaired) electrons. The summed E-state index contributed by atoms with van der Waals surface area (Å²) in [5.74, 6) is 0.187. The van der Waals surface area contributed by atoms with E-state index in [2.05, 4.69) is 5.32 Å². The van der Waals surface area contributed by atoms with Crippen molar-refractivity contribution in [1.82, 2.24) is 5.32 Å². The molecule has 2 N–H and O–H groups in total. The van der Waals surface area contributed by atoms with Crippen LogP contribution in [0.3, 0.4) is 0 Å². The molecule has 1 atom stereocenters. The van der Waals surface area contributed by atoms with Gasteiger partial charge in [0.1, 0.15) is 5.75 Å². The van der Waals surface area contributed by atoms with E-state index in [-0.39, 0.29) is 18.3 Å². The van der Waals surface area contributed by atoms with Crippen molar-refractivity contribution in [2.24, 2.45) is 0 Å².